The van der Waals surface area contributed by atoms with Crippen LogP contribution in [0.2, 0.25) is 5.02 Å². The van der Waals surface area contributed by atoms with Crippen LogP contribution in [0, 0.1) is 0 Å². The Hall–Kier alpha value is -2.53. The van der Waals surface area contributed by atoms with E-state index in [9.17, 15) is 9.59 Å². The lowest BCUT2D eigenvalue weighted by Crippen LogP contribution is -2.27. The largest absolute Gasteiger partial charge is 0.489 e. The van der Waals surface area contributed by atoms with Crippen LogP contribution >= 0.6 is 11.6 Å². The van der Waals surface area contributed by atoms with E-state index >= 15 is 0 Å². The van der Waals surface area contributed by atoms with Crippen LogP contribution in [0.1, 0.15) is 48.7 Å². The third kappa shape index (κ3) is 2.69. The molecule has 2 aliphatic rings. The number of hydrogen-bond acceptors (Lipinski definition) is 5. The molecule has 6 heteroatoms. The monoisotopic (exact) mass is 386 g/mol. The first kappa shape index (κ1) is 17.9. The second-order valence-corrected chi connectivity index (χ2v) is 7.09. The lowest BCUT2D eigenvalue weighted by Gasteiger charge is -2.29. The lowest BCUT2D eigenvalue weighted by atomic mass is 9.91. The lowest BCUT2D eigenvalue weighted by molar-refractivity contribution is 0.0870. The topological polar surface area (TPSA) is 65.7 Å². The highest BCUT2D eigenvalue weighted by molar-refractivity contribution is 6.32. The van der Waals surface area contributed by atoms with Crippen LogP contribution in [0.15, 0.2) is 27.4 Å². The van der Waals surface area contributed by atoms with E-state index in [1.165, 1.54) is 0 Å². The number of halogens is 1. The van der Waals surface area contributed by atoms with Crippen LogP contribution in [-0.4, -0.2) is 18.0 Å². The molecule has 2 aliphatic heterocycles. The summed E-state index contributed by atoms with van der Waals surface area (Å²) < 4.78 is 17.6. The summed E-state index contributed by atoms with van der Waals surface area (Å²) >= 11 is 6.25. The summed E-state index contributed by atoms with van der Waals surface area (Å²) in [6.07, 6.45) is 7.79. The minimum atomic E-state index is -0.661. The highest BCUT2D eigenvalue weighted by Crippen LogP contribution is 2.48. The van der Waals surface area contributed by atoms with E-state index < -0.39 is 5.63 Å². The van der Waals surface area contributed by atoms with Gasteiger partial charge in [-0.25, -0.2) is 4.79 Å². The molecule has 0 saturated carbocycles. The van der Waals surface area contributed by atoms with Crippen molar-refractivity contribution in [1.82, 2.24) is 0 Å². The van der Waals surface area contributed by atoms with Crippen molar-refractivity contribution in [1.29, 1.82) is 0 Å². The number of rotatable bonds is 2. The second-order valence-electron chi connectivity index (χ2n) is 6.71. The van der Waals surface area contributed by atoms with Crippen molar-refractivity contribution < 1.29 is 18.7 Å². The Morgan fingerprint density at radius 3 is 2.74 bits per heavy atom. The zero-order chi connectivity index (χ0) is 19.3. The van der Waals surface area contributed by atoms with E-state index in [0.717, 1.165) is 0 Å². The Morgan fingerprint density at radius 1 is 1.26 bits per heavy atom. The normalized spacial score (nSPS) is 21.1. The van der Waals surface area contributed by atoms with E-state index in [1.807, 2.05) is 45.1 Å². The molecule has 0 N–H and O–H groups in total. The van der Waals surface area contributed by atoms with Crippen LogP contribution in [0.25, 0.3) is 17.0 Å². The van der Waals surface area contributed by atoms with Gasteiger partial charge in [-0.3, -0.25) is 4.79 Å². The summed E-state index contributed by atoms with van der Waals surface area (Å²) in [5, 5.41) is 0.589. The molecule has 27 heavy (non-hydrogen) atoms. The molecule has 0 spiro atoms. The molecule has 3 heterocycles. The van der Waals surface area contributed by atoms with E-state index in [4.69, 9.17) is 25.5 Å². The van der Waals surface area contributed by atoms with Gasteiger partial charge in [-0.15, -0.1) is 0 Å². The van der Waals surface area contributed by atoms with Gasteiger partial charge in [0.05, 0.1) is 10.9 Å². The maximum atomic E-state index is 12.8. The fraction of sp³-hybridized carbons (Fsp3) is 0.333. The second kappa shape index (κ2) is 6.57. The summed E-state index contributed by atoms with van der Waals surface area (Å²) in [7, 11) is 0. The first-order valence-electron chi connectivity index (χ1n) is 8.98. The molecule has 2 atom stereocenters. The van der Waals surface area contributed by atoms with Crippen LogP contribution in [-0.2, 0) is 6.42 Å². The van der Waals surface area contributed by atoms with Crippen molar-refractivity contribution in [3.05, 3.63) is 50.4 Å². The maximum absolute atomic E-state index is 12.8. The summed E-state index contributed by atoms with van der Waals surface area (Å²) in [6.45, 7) is 5.64. The molecule has 5 nitrogen and oxygen atoms in total. The molecule has 2 aromatic rings. The fourth-order valence-electron chi connectivity index (χ4n) is 3.70. The van der Waals surface area contributed by atoms with Crippen molar-refractivity contribution >= 4 is 34.4 Å². The highest BCUT2D eigenvalue weighted by atomic mass is 35.5. The summed E-state index contributed by atoms with van der Waals surface area (Å²) in [6, 6.07) is 0. The number of fused-ring (bicyclic) bond motifs is 6. The van der Waals surface area contributed by atoms with Gasteiger partial charge < -0.3 is 13.9 Å². The fourth-order valence-corrected chi connectivity index (χ4v) is 3.96. The van der Waals surface area contributed by atoms with Gasteiger partial charge in [-0.1, -0.05) is 24.6 Å². The van der Waals surface area contributed by atoms with Gasteiger partial charge in [0, 0.05) is 6.42 Å². The Bertz CT molecular complexity index is 1080. The number of ether oxygens (including phenoxy) is 2. The van der Waals surface area contributed by atoms with Crippen LogP contribution in [0.4, 0.5) is 0 Å². The molecule has 4 rings (SSSR count). The van der Waals surface area contributed by atoms with Gasteiger partial charge in [0.1, 0.15) is 34.3 Å². The van der Waals surface area contributed by atoms with Crippen LogP contribution in [0.5, 0.6) is 11.5 Å². The Labute approximate surface area is 161 Å². The van der Waals surface area contributed by atoms with E-state index in [1.54, 1.807) is 0 Å². The smallest absolute Gasteiger partial charge is 0.355 e. The number of ketones is 1. The van der Waals surface area contributed by atoms with Crippen molar-refractivity contribution in [3.8, 4) is 11.5 Å². The summed E-state index contributed by atoms with van der Waals surface area (Å²) in [4.78, 5) is 25.1. The molecule has 1 aromatic carbocycles. The summed E-state index contributed by atoms with van der Waals surface area (Å²) in [5.74, 6) is 0.816. The number of hydrogen-bond donors (Lipinski definition) is 0. The molecule has 2 unspecified atom stereocenters. The van der Waals surface area contributed by atoms with Crippen molar-refractivity contribution in [3.63, 3.8) is 0 Å². The summed E-state index contributed by atoms with van der Waals surface area (Å²) in [5.41, 5.74) is 1.12. The Morgan fingerprint density at radius 2 is 2.04 bits per heavy atom. The predicted molar refractivity (Wildman–Crippen MR) is 104 cm³/mol. The van der Waals surface area contributed by atoms with Gasteiger partial charge in [-0.2, -0.15) is 0 Å². The zero-order valence-corrected chi connectivity index (χ0v) is 16.1. The number of allylic oxidation sites excluding steroid dienone is 1. The third-order valence-corrected chi connectivity index (χ3v) is 5.23. The van der Waals surface area contributed by atoms with Crippen LogP contribution in [0.3, 0.4) is 0 Å². The maximum Gasteiger partial charge on any atom is 0.355 e. The van der Waals surface area contributed by atoms with E-state index in [0.29, 0.717) is 40.0 Å². The Balaban J connectivity index is 2.17. The standard InChI is InChI=1S/C21H19ClO5/c1-4-6-11-7-8-13-18(26-11)15-12(5-2)17(22)21(24)27-20(15)16-14(23)9-10(3)25-19(13)16/h4,6-8,10-11H,5,9H2,1-3H3/b6-4+. The SMILES string of the molecule is C/C=C/C1C=Cc2c3c(c4oc(=O)c(Cl)c(CC)c4c2O1)C(=O)CC(C)O3. The van der Waals surface area contributed by atoms with Crippen LogP contribution < -0.4 is 15.1 Å². The molecule has 0 fully saturated rings. The average Bonchev–Trinajstić information content (AvgIpc) is 2.63. The molecule has 0 bridgehead atoms. The molecule has 0 aliphatic carbocycles. The van der Waals surface area contributed by atoms with Gasteiger partial charge in [0.15, 0.2) is 11.4 Å². The number of benzene rings is 1. The predicted octanol–water partition coefficient (Wildman–Crippen LogP) is 4.71. The first-order chi connectivity index (χ1) is 13.0. The van der Waals surface area contributed by atoms with Crippen molar-refractivity contribution in [2.45, 2.75) is 45.8 Å². The van der Waals surface area contributed by atoms with Crippen molar-refractivity contribution in [2.75, 3.05) is 0 Å². The Kier molecular flexibility index (Phi) is 4.35. The van der Waals surface area contributed by atoms with Gasteiger partial charge >= 0.3 is 5.63 Å². The first-order valence-corrected chi connectivity index (χ1v) is 9.36. The highest BCUT2D eigenvalue weighted by Gasteiger charge is 2.35. The number of Topliss-reactive ketones (excluding diaryl/α,β-unsaturated/α-hetero) is 1. The molecule has 0 radical (unpaired) electrons. The quantitative estimate of drug-likeness (QED) is 0.552. The number of aryl methyl sites for hydroxylation is 1. The molecule has 140 valence electrons. The molecule has 0 amide bonds. The van der Waals surface area contributed by atoms with Gasteiger partial charge in [-0.05, 0) is 44.1 Å². The molecular formula is C21H19ClO5. The third-order valence-electron chi connectivity index (χ3n) is 4.85. The molecule has 1 aromatic heterocycles. The van der Waals surface area contributed by atoms with E-state index in [2.05, 4.69) is 0 Å². The minimum Gasteiger partial charge on any atom is -0.489 e. The zero-order valence-electron chi connectivity index (χ0n) is 15.3. The van der Waals surface area contributed by atoms with Gasteiger partial charge in [0.25, 0.3) is 0 Å². The van der Waals surface area contributed by atoms with Gasteiger partial charge in [0.2, 0.25) is 0 Å². The number of carbonyl (C=O) groups excluding carboxylic acids is 1. The minimum absolute atomic E-state index is 0.0189. The van der Waals surface area contributed by atoms with E-state index in [-0.39, 0.29) is 35.0 Å². The molecular weight excluding hydrogens is 368 g/mol. The molecule has 0 saturated heterocycles. The number of carbonyl (C=O) groups is 1. The average molecular weight is 387 g/mol. The van der Waals surface area contributed by atoms with Crippen molar-refractivity contribution in [2.24, 2.45) is 0 Å².